The number of hydrogen-bond donors (Lipinski definition) is 2. The Balaban J connectivity index is 1.80. The third-order valence-electron chi connectivity index (χ3n) is 2.59. The van der Waals surface area contributed by atoms with Crippen molar-refractivity contribution in [3.05, 3.63) is 35.8 Å². The molecule has 7 nitrogen and oxygen atoms in total. The molecule has 2 rings (SSSR count). The Morgan fingerprint density at radius 1 is 1.61 bits per heavy atom. The molecule has 0 amide bonds. The van der Waals surface area contributed by atoms with E-state index < -0.39 is 5.97 Å². The molecule has 2 N–H and O–H groups in total. The molecular weight excluding hydrogens is 236 g/mol. The van der Waals surface area contributed by atoms with Gasteiger partial charge in [0.2, 0.25) is 5.76 Å². The summed E-state index contributed by atoms with van der Waals surface area (Å²) in [6.07, 6.45) is 3.76. The average molecular weight is 250 g/mol. The van der Waals surface area contributed by atoms with E-state index in [9.17, 15) is 4.79 Å². The zero-order valence-corrected chi connectivity index (χ0v) is 9.96. The topological polar surface area (TPSA) is 93.2 Å². The maximum Gasteiger partial charge on any atom is 0.372 e. The van der Waals surface area contributed by atoms with Crippen molar-refractivity contribution >= 4 is 5.97 Å². The molecule has 0 spiro atoms. The molecule has 0 aliphatic heterocycles. The van der Waals surface area contributed by atoms with Gasteiger partial charge in [-0.15, -0.1) is 10.2 Å². The SMILES string of the molecule is Cn1cnnc1CCNCc1ccoc1C(=O)O. The van der Waals surface area contributed by atoms with Crippen molar-refractivity contribution in [2.24, 2.45) is 7.05 Å². The molecule has 0 atom stereocenters. The van der Waals surface area contributed by atoms with Gasteiger partial charge in [-0.1, -0.05) is 0 Å². The molecule has 0 fully saturated rings. The second kappa shape index (κ2) is 5.46. The minimum absolute atomic E-state index is 0.0128. The molecule has 0 radical (unpaired) electrons. The summed E-state index contributed by atoms with van der Waals surface area (Å²) in [5.74, 6) is -0.181. The zero-order chi connectivity index (χ0) is 13.0. The normalized spacial score (nSPS) is 10.7. The van der Waals surface area contributed by atoms with Crippen LogP contribution in [0.3, 0.4) is 0 Å². The number of carbonyl (C=O) groups is 1. The number of nitrogens with zero attached hydrogens (tertiary/aromatic N) is 3. The van der Waals surface area contributed by atoms with Crippen molar-refractivity contribution in [2.75, 3.05) is 6.54 Å². The van der Waals surface area contributed by atoms with E-state index in [1.165, 1.54) is 6.26 Å². The van der Waals surface area contributed by atoms with Gasteiger partial charge < -0.3 is 19.4 Å². The van der Waals surface area contributed by atoms with Crippen molar-refractivity contribution in [3.8, 4) is 0 Å². The first-order chi connectivity index (χ1) is 8.68. The van der Waals surface area contributed by atoms with E-state index >= 15 is 0 Å². The summed E-state index contributed by atoms with van der Waals surface area (Å²) in [7, 11) is 1.88. The molecular formula is C11H14N4O3. The van der Waals surface area contributed by atoms with Crippen LogP contribution in [0.4, 0.5) is 0 Å². The zero-order valence-electron chi connectivity index (χ0n) is 9.96. The Kier molecular flexibility index (Phi) is 3.73. The summed E-state index contributed by atoms with van der Waals surface area (Å²) in [5, 5.41) is 19.7. The Morgan fingerprint density at radius 3 is 3.11 bits per heavy atom. The highest BCUT2D eigenvalue weighted by molar-refractivity contribution is 5.86. The van der Waals surface area contributed by atoms with Gasteiger partial charge in [-0.25, -0.2) is 4.79 Å². The van der Waals surface area contributed by atoms with Gasteiger partial charge in [-0.2, -0.15) is 0 Å². The fourth-order valence-electron chi connectivity index (χ4n) is 1.62. The van der Waals surface area contributed by atoms with Gasteiger partial charge in [0.05, 0.1) is 6.26 Å². The van der Waals surface area contributed by atoms with E-state index in [-0.39, 0.29) is 5.76 Å². The van der Waals surface area contributed by atoms with Crippen molar-refractivity contribution in [3.63, 3.8) is 0 Å². The first-order valence-corrected chi connectivity index (χ1v) is 5.51. The van der Waals surface area contributed by atoms with E-state index in [0.717, 1.165) is 12.2 Å². The second-order valence-corrected chi connectivity index (χ2v) is 3.86. The van der Waals surface area contributed by atoms with Crippen LogP contribution in [0, 0.1) is 0 Å². The van der Waals surface area contributed by atoms with Gasteiger partial charge in [-0.05, 0) is 6.07 Å². The van der Waals surface area contributed by atoms with Gasteiger partial charge in [0.25, 0.3) is 0 Å². The van der Waals surface area contributed by atoms with Gasteiger partial charge in [-0.3, -0.25) is 0 Å². The van der Waals surface area contributed by atoms with Crippen molar-refractivity contribution in [2.45, 2.75) is 13.0 Å². The lowest BCUT2D eigenvalue weighted by Crippen LogP contribution is -2.19. The lowest BCUT2D eigenvalue weighted by molar-refractivity contribution is 0.0660. The quantitative estimate of drug-likeness (QED) is 0.722. The molecule has 0 saturated heterocycles. The van der Waals surface area contributed by atoms with Crippen LogP contribution < -0.4 is 5.32 Å². The van der Waals surface area contributed by atoms with E-state index in [2.05, 4.69) is 15.5 Å². The Hall–Kier alpha value is -2.15. The standard InChI is InChI=1S/C11H14N4O3/c1-15-7-13-14-9(15)2-4-12-6-8-3-5-18-10(8)11(16)17/h3,5,7,12H,2,4,6H2,1H3,(H,16,17). The summed E-state index contributed by atoms with van der Waals surface area (Å²) in [6, 6.07) is 1.65. The number of rotatable bonds is 6. The van der Waals surface area contributed by atoms with Gasteiger partial charge >= 0.3 is 5.97 Å². The van der Waals surface area contributed by atoms with Crippen molar-refractivity contribution in [1.29, 1.82) is 0 Å². The minimum Gasteiger partial charge on any atom is -0.475 e. The van der Waals surface area contributed by atoms with Crippen LogP contribution in [0.25, 0.3) is 0 Å². The highest BCUT2D eigenvalue weighted by Gasteiger charge is 2.13. The molecule has 7 heteroatoms. The summed E-state index contributed by atoms with van der Waals surface area (Å²) in [5.41, 5.74) is 0.639. The maximum atomic E-state index is 10.8. The van der Waals surface area contributed by atoms with Crippen LogP contribution in [0.1, 0.15) is 21.9 Å². The number of hydrogen-bond acceptors (Lipinski definition) is 5. The third kappa shape index (κ3) is 2.75. The minimum atomic E-state index is -1.05. The number of aryl methyl sites for hydroxylation is 1. The highest BCUT2D eigenvalue weighted by atomic mass is 16.4. The number of nitrogens with one attached hydrogen (secondary N) is 1. The number of carboxylic acids is 1. The first kappa shape index (κ1) is 12.3. The van der Waals surface area contributed by atoms with E-state index in [1.54, 1.807) is 12.4 Å². The van der Waals surface area contributed by atoms with Gasteiger partial charge in [0.15, 0.2) is 0 Å². The Labute approximate surface area is 103 Å². The average Bonchev–Trinajstić information content (AvgIpc) is 2.94. The molecule has 0 bridgehead atoms. The van der Waals surface area contributed by atoms with Gasteiger partial charge in [0.1, 0.15) is 12.2 Å². The molecule has 0 aliphatic rings. The summed E-state index contributed by atoms with van der Waals surface area (Å²) in [6.45, 7) is 1.15. The number of aromatic carboxylic acids is 1. The molecule has 0 aromatic carbocycles. The molecule has 18 heavy (non-hydrogen) atoms. The number of aromatic nitrogens is 3. The van der Waals surface area contributed by atoms with E-state index in [4.69, 9.17) is 9.52 Å². The van der Waals surface area contributed by atoms with E-state index in [0.29, 0.717) is 18.7 Å². The number of carboxylic acid groups (broad SMARTS) is 1. The largest absolute Gasteiger partial charge is 0.475 e. The molecule has 0 aliphatic carbocycles. The van der Waals surface area contributed by atoms with Crippen LogP contribution in [-0.2, 0) is 20.0 Å². The third-order valence-corrected chi connectivity index (χ3v) is 2.59. The molecule has 0 saturated carbocycles. The van der Waals surface area contributed by atoms with E-state index in [1.807, 2.05) is 11.6 Å². The van der Waals surface area contributed by atoms with Crippen molar-refractivity contribution < 1.29 is 14.3 Å². The van der Waals surface area contributed by atoms with Crippen LogP contribution in [0.15, 0.2) is 23.1 Å². The lowest BCUT2D eigenvalue weighted by atomic mass is 10.2. The molecule has 2 heterocycles. The molecule has 2 aromatic rings. The molecule has 96 valence electrons. The monoisotopic (exact) mass is 250 g/mol. The van der Waals surface area contributed by atoms with Crippen LogP contribution in [0.5, 0.6) is 0 Å². The number of furan rings is 1. The summed E-state index contributed by atoms with van der Waals surface area (Å²) >= 11 is 0. The summed E-state index contributed by atoms with van der Waals surface area (Å²) in [4.78, 5) is 10.8. The smallest absolute Gasteiger partial charge is 0.372 e. The molecule has 2 aromatic heterocycles. The summed E-state index contributed by atoms with van der Waals surface area (Å²) < 4.78 is 6.73. The van der Waals surface area contributed by atoms with Crippen LogP contribution in [0.2, 0.25) is 0 Å². The first-order valence-electron chi connectivity index (χ1n) is 5.51. The lowest BCUT2D eigenvalue weighted by Gasteiger charge is -2.03. The molecule has 0 unspecified atom stereocenters. The second-order valence-electron chi connectivity index (χ2n) is 3.86. The Morgan fingerprint density at radius 2 is 2.44 bits per heavy atom. The predicted molar refractivity (Wildman–Crippen MR) is 62.1 cm³/mol. The van der Waals surface area contributed by atoms with Gasteiger partial charge in [0, 0.05) is 32.1 Å². The predicted octanol–water partition coefficient (Wildman–Crippen LogP) is 0.439. The highest BCUT2D eigenvalue weighted by Crippen LogP contribution is 2.09. The Bertz CT molecular complexity index is 532. The fraction of sp³-hybridized carbons (Fsp3) is 0.364. The van der Waals surface area contributed by atoms with Crippen LogP contribution in [-0.4, -0.2) is 32.4 Å². The van der Waals surface area contributed by atoms with Crippen molar-refractivity contribution in [1.82, 2.24) is 20.1 Å². The van der Waals surface area contributed by atoms with Crippen LogP contribution >= 0.6 is 0 Å². The fourth-order valence-corrected chi connectivity index (χ4v) is 1.62. The maximum absolute atomic E-state index is 10.8.